The molecule has 5 nitrogen and oxygen atoms in total. The van der Waals surface area contributed by atoms with Crippen LogP contribution < -0.4 is 5.32 Å². The molecule has 0 aliphatic carbocycles. The van der Waals surface area contributed by atoms with Crippen LogP contribution in [0.1, 0.15) is 31.1 Å². The van der Waals surface area contributed by atoms with E-state index in [0.29, 0.717) is 5.82 Å². The number of hydrogen-bond donors (Lipinski definition) is 3. The van der Waals surface area contributed by atoms with Gasteiger partial charge in [-0.1, -0.05) is 11.6 Å². The third-order valence-corrected chi connectivity index (χ3v) is 2.86. The Labute approximate surface area is 104 Å². The van der Waals surface area contributed by atoms with Gasteiger partial charge in [0.25, 0.3) is 0 Å². The number of nitrogens with zero attached hydrogens (tertiary/aromatic N) is 1. The molecule has 0 spiro atoms. The molecule has 0 radical (unpaired) electrons. The van der Waals surface area contributed by atoms with Gasteiger partial charge in [0.2, 0.25) is 0 Å². The first kappa shape index (κ1) is 13.7. The molecule has 3 N–H and O–H groups in total. The SMILES string of the molecule is CC(O)C(C)(C)Nc1ncc(C(=O)O)cc1Cl. The van der Waals surface area contributed by atoms with E-state index in [9.17, 15) is 9.90 Å². The Morgan fingerprint density at radius 3 is 2.59 bits per heavy atom. The molecular formula is C11H15ClN2O3. The number of carboxylic acids is 1. The Hall–Kier alpha value is -1.33. The van der Waals surface area contributed by atoms with Crippen LogP contribution in [-0.4, -0.2) is 32.8 Å². The highest BCUT2D eigenvalue weighted by Gasteiger charge is 2.25. The lowest BCUT2D eigenvalue weighted by molar-refractivity contribution is 0.0696. The zero-order valence-electron chi connectivity index (χ0n) is 9.86. The fraction of sp³-hybridized carbons (Fsp3) is 0.455. The summed E-state index contributed by atoms with van der Waals surface area (Å²) < 4.78 is 0. The van der Waals surface area contributed by atoms with Crippen LogP contribution >= 0.6 is 11.6 Å². The van der Waals surface area contributed by atoms with E-state index in [2.05, 4.69) is 10.3 Å². The lowest BCUT2D eigenvalue weighted by Crippen LogP contribution is -2.42. The topological polar surface area (TPSA) is 82.5 Å². The molecule has 1 unspecified atom stereocenters. The van der Waals surface area contributed by atoms with Gasteiger partial charge in [0.05, 0.1) is 22.2 Å². The Balaban J connectivity index is 2.98. The normalized spacial score (nSPS) is 13.2. The van der Waals surface area contributed by atoms with Crippen molar-refractivity contribution in [2.75, 3.05) is 5.32 Å². The number of aromatic carboxylic acids is 1. The van der Waals surface area contributed by atoms with Gasteiger partial charge < -0.3 is 15.5 Å². The number of carbonyl (C=O) groups is 1. The second-order valence-electron chi connectivity index (χ2n) is 4.38. The standard InChI is InChI=1S/C11H15ClN2O3/c1-6(15)11(2,3)14-9-8(12)4-7(5-13-9)10(16)17/h4-6,15H,1-3H3,(H,13,14)(H,16,17). The van der Waals surface area contributed by atoms with Crippen molar-refractivity contribution in [3.8, 4) is 0 Å². The van der Waals surface area contributed by atoms with Gasteiger partial charge in [0, 0.05) is 6.20 Å². The second kappa shape index (κ2) is 4.89. The molecule has 0 aromatic carbocycles. The van der Waals surface area contributed by atoms with Crippen molar-refractivity contribution < 1.29 is 15.0 Å². The number of carboxylic acid groups (broad SMARTS) is 1. The van der Waals surface area contributed by atoms with Crippen LogP contribution in [0.25, 0.3) is 0 Å². The molecule has 0 fully saturated rings. The number of aliphatic hydroxyl groups is 1. The monoisotopic (exact) mass is 258 g/mol. The number of hydrogen-bond acceptors (Lipinski definition) is 4. The molecule has 0 aliphatic rings. The van der Waals surface area contributed by atoms with Crippen molar-refractivity contribution in [3.63, 3.8) is 0 Å². The van der Waals surface area contributed by atoms with Crippen molar-refractivity contribution in [3.05, 3.63) is 22.8 Å². The number of rotatable bonds is 4. The van der Waals surface area contributed by atoms with Crippen molar-refractivity contribution in [1.82, 2.24) is 4.98 Å². The number of pyridine rings is 1. The third-order valence-electron chi connectivity index (χ3n) is 2.57. The van der Waals surface area contributed by atoms with E-state index < -0.39 is 17.6 Å². The van der Waals surface area contributed by atoms with Crippen molar-refractivity contribution in [1.29, 1.82) is 0 Å². The summed E-state index contributed by atoms with van der Waals surface area (Å²) in [7, 11) is 0. The first-order valence-corrected chi connectivity index (χ1v) is 5.47. The molecule has 6 heteroatoms. The van der Waals surface area contributed by atoms with E-state index in [1.54, 1.807) is 20.8 Å². The average molecular weight is 259 g/mol. The van der Waals surface area contributed by atoms with Crippen molar-refractivity contribution in [2.24, 2.45) is 0 Å². The molecule has 0 aliphatic heterocycles. The minimum Gasteiger partial charge on any atom is -0.478 e. The largest absolute Gasteiger partial charge is 0.478 e. The van der Waals surface area contributed by atoms with Crippen LogP contribution in [0.5, 0.6) is 0 Å². The summed E-state index contributed by atoms with van der Waals surface area (Å²) in [6, 6.07) is 1.32. The van der Waals surface area contributed by atoms with Gasteiger partial charge in [-0.25, -0.2) is 9.78 Å². The van der Waals surface area contributed by atoms with E-state index in [1.165, 1.54) is 12.3 Å². The van der Waals surface area contributed by atoms with Crippen molar-refractivity contribution in [2.45, 2.75) is 32.4 Å². The first-order chi connectivity index (χ1) is 7.74. The summed E-state index contributed by atoms with van der Waals surface area (Å²) in [6.45, 7) is 5.23. The Kier molecular flexibility index (Phi) is 3.95. The van der Waals surface area contributed by atoms with E-state index >= 15 is 0 Å². The summed E-state index contributed by atoms with van der Waals surface area (Å²) in [5.41, 5.74) is -0.586. The molecule has 0 amide bonds. The fourth-order valence-electron chi connectivity index (χ4n) is 1.06. The van der Waals surface area contributed by atoms with Crippen LogP contribution in [0, 0.1) is 0 Å². The van der Waals surface area contributed by atoms with Gasteiger partial charge in [-0.05, 0) is 26.8 Å². The van der Waals surface area contributed by atoms with E-state index in [0.717, 1.165) is 0 Å². The van der Waals surface area contributed by atoms with Crippen molar-refractivity contribution >= 4 is 23.4 Å². The van der Waals surface area contributed by atoms with Gasteiger partial charge in [-0.2, -0.15) is 0 Å². The number of aromatic nitrogens is 1. The van der Waals surface area contributed by atoms with E-state index in [1.807, 2.05) is 0 Å². The molecule has 0 saturated carbocycles. The number of aliphatic hydroxyl groups excluding tert-OH is 1. The highest BCUT2D eigenvalue weighted by Crippen LogP contribution is 2.24. The molecular weight excluding hydrogens is 244 g/mol. The average Bonchev–Trinajstić information content (AvgIpc) is 2.20. The summed E-state index contributed by atoms with van der Waals surface area (Å²) in [5.74, 6) is -0.733. The molecule has 0 saturated heterocycles. The zero-order chi connectivity index (χ0) is 13.2. The molecule has 1 atom stereocenters. The van der Waals surface area contributed by atoms with Gasteiger partial charge in [0.15, 0.2) is 0 Å². The minimum absolute atomic E-state index is 0.0235. The van der Waals surface area contributed by atoms with Gasteiger partial charge in [0.1, 0.15) is 5.82 Å². The molecule has 1 rings (SSSR count). The lowest BCUT2D eigenvalue weighted by Gasteiger charge is -2.30. The first-order valence-electron chi connectivity index (χ1n) is 5.09. The van der Waals surface area contributed by atoms with E-state index in [4.69, 9.17) is 16.7 Å². The second-order valence-corrected chi connectivity index (χ2v) is 4.79. The fourth-order valence-corrected chi connectivity index (χ4v) is 1.27. The molecule has 1 heterocycles. The molecule has 0 bridgehead atoms. The van der Waals surface area contributed by atoms with Gasteiger partial charge >= 0.3 is 5.97 Å². The smallest absolute Gasteiger partial charge is 0.337 e. The molecule has 17 heavy (non-hydrogen) atoms. The quantitative estimate of drug-likeness (QED) is 0.770. The van der Waals surface area contributed by atoms with Crippen LogP contribution in [0.3, 0.4) is 0 Å². The van der Waals surface area contributed by atoms with E-state index in [-0.39, 0.29) is 10.6 Å². The highest BCUT2D eigenvalue weighted by molar-refractivity contribution is 6.33. The molecule has 1 aromatic heterocycles. The minimum atomic E-state index is -1.08. The Bertz CT molecular complexity index is 433. The number of nitrogens with one attached hydrogen (secondary N) is 1. The summed E-state index contributed by atoms with van der Waals surface area (Å²) in [4.78, 5) is 14.6. The highest BCUT2D eigenvalue weighted by atomic mass is 35.5. The van der Waals surface area contributed by atoms with Crippen LogP contribution in [0.2, 0.25) is 5.02 Å². The van der Waals surface area contributed by atoms with Gasteiger partial charge in [-0.15, -0.1) is 0 Å². The maximum absolute atomic E-state index is 10.7. The maximum Gasteiger partial charge on any atom is 0.337 e. The number of halogens is 1. The van der Waals surface area contributed by atoms with Gasteiger partial charge in [-0.3, -0.25) is 0 Å². The Morgan fingerprint density at radius 1 is 1.59 bits per heavy atom. The summed E-state index contributed by atoms with van der Waals surface area (Å²) >= 11 is 5.91. The predicted octanol–water partition coefficient (Wildman–Crippen LogP) is 2.00. The maximum atomic E-state index is 10.7. The molecule has 1 aromatic rings. The third kappa shape index (κ3) is 3.31. The number of anilines is 1. The van der Waals surface area contributed by atoms with Crippen LogP contribution in [-0.2, 0) is 0 Å². The lowest BCUT2D eigenvalue weighted by atomic mass is 9.99. The zero-order valence-corrected chi connectivity index (χ0v) is 10.6. The molecule has 94 valence electrons. The Morgan fingerprint density at radius 2 is 2.18 bits per heavy atom. The predicted molar refractivity (Wildman–Crippen MR) is 65.6 cm³/mol. The summed E-state index contributed by atoms with van der Waals surface area (Å²) in [6.07, 6.45) is 0.605. The summed E-state index contributed by atoms with van der Waals surface area (Å²) in [5, 5.41) is 21.5. The van der Waals surface area contributed by atoms with Crippen LogP contribution in [0.15, 0.2) is 12.3 Å². The van der Waals surface area contributed by atoms with Crippen LogP contribution in [0.4, 0.5) is 5.82 Å².